The van der Waals surface area contributed by atoms with E-state index in [2.05, 4.69) is 4.98 Å². The fraction of sp³-hybridized carbons (Fsp3) is 0.625. The zero-order valence-electron chi connectivity index (χ0n) is 6.73. The number of nitrogens with two attached hydrogens (primary N) is 1. The number of aliphatic hydroxyl groups excluding tert-OH is 1. The van der Waals surface area contributed by atoms with Crippen molar-refractivity contribution in [3.8, 4) is 0 Å². The van der Waals surface area contributed by atoms with Gasteiger partial charge in [0.05, 0.1) is 6.10 Å². The summed E-state index contributed by atoms with van der Waals surface area (Å²) in [5.41, 5.74) is 5.67. The van der Waals surface area contributed by atoms with Crippen molar-refractivity contribution in [1.82, 2.24) is 4.98 Å². The van der Waals surface area contributed by atoms with E-state index in [1.807, 2.05) is 5.38 Å². The largest absolute Gasteiger partial charge is 0.393 e. The second-order valence-corrected chi connectivity index (χ2v) is 4.28. The zero-order valence-corrected chi connectivity index (χ0v) is 7.55. The lowest BCUT2D eigenvalue weighted by Crippen LogP contribution is -2.49. The maximum Gasteiger partial charge on any atom is 0.100 e. The van der Waals surface area contributed by atoms with Crippen molar-refractivity contribution in [1.29, 1.82) is 0 Å². The van der Waals surface area contributed by atoms with E-state index in [0.717, 1.165) is 17.8 Å². The molecule has 66 valence electrons. The van der Waals surface area contributed by atoms with E-state index in [9.17, 15) is 5.11 Å². The first-order chi connectivity index (χ1) is 5.77. The molecule has 1 heterocycles. The summed E-state index contributed by atoms with van der Waals surface area (Å²) < 4.78 is 0. The summed E-state index contributed by atoms with van der Waals surface area (Å²) in [4.78, 5) is 4.24. The molecule has 0 spiro atoms. The lowest BCUT2D eigenvalue weighted by molar-refractivity contribution is 0.0220. The third-order valence-corrected chi connectivity index (χ3v) is 3.55. The second kappa shape index (κ2) is 2.80. The molecule has 0 amide bonds. The highest BCUT2D eigenvalue weighted by Gasteiger charge is 2.45. The zero-order chi connectivity index (χ0) is 8.60. The summed E-state index contributed by atoms with van der Waals surface area (Å²) in [6, 6.07) is 0. The lowest BCUT2D eigenvalue weighted by atomic mass is 9.67. The third-order valence-electron chi connectivity index (χ3n) is 2.53. The number of aromatic nitrogens is 1. The Morgan fingerprint density at radius 3 is 2.92 bits per heavy atom. The predicted octanol–water partition coefficient (Wildman–Crippen LogP) is 0.494. The number of hydrogen-bond donors (Lipinski definition) is 2. The molecular weight excluding hydrogens is 172 g/mol. The molecule has 2 rings (SSSR count). The highest BCUT2D eigenvalue weighted by atomic mass is 32.1. The minimum absolute atomic E-state index is 0.00637. The first kappa shape index (κ1) is 8.16. The Labute approximate surface area is 75.2 Å². The van der Waals surface area contributed by atoms with Crippen LogP contribution in [0.3, 0.4) is 0 Å². The predicted molar refractivity (Wildman–Crippen MR) is 48.1 cm³/mol. The molecule has 1 aromatic rings. The van der Waals surface area contributed by atoms with E-state index in [1.54, 1.807) is 17.5 Å². The minimum atomic E-state index is -0.169. The van der Waals surface area contributed by atoms with E-state index in [0.29, 0.717) is 6.54 Å². The van der Waals surface area contributed by atoms with E-state index < -0.39 is 0 Å². The van der Waals surface area contributed by atoms with Crippen molar-refractivity contribution >= 4 is 11.3 Å². The van der Waals surface area contributed by atoms with E-state index in [-0.39, 0.29) is 11.5 Å². The molecule has 3 N–H and O–H groups in total. The van der Waals surface area contributed by atoms with Gasteiger partial charge in [0.2, 0.25) is 0 Å². The maximum atomic E-state index is 9.23. The van der Waals surface area contributed by atoms with Crippen LogP contribution in [0.25, 0.3) is 0 Å². The number of rotatable bonds is 2. The molecule has 0 aromatic carbocycles. The van der Waals surface area contributed by atoms with Crippen molar-refractivity contribution in [3.05, 3.63) is 16.6 Å². The fourth-order valence-corrected chi connectivity index (χ4v) is 2.63. The van der Waals surface area contributed by atoms with Crippen LogP contribution in [0.15, 0.2) is 11.6 Å². The van der Waals surface area contributed by atoms with Crippen LogP contribution in [0.1, 0.15) is 17.8 Å². The summed E-state index contributed by atoms with van der Waals surface area (Å²) in [5, 5.41) is 12.3. The van der Waals surface area contributed by atoms with Crippen molar-refractivity contribution in [2.45, 2.75) is 24.4 Å². The molecule has 12 heavy (non-hydrogen) atoms. The average Bonchev–Trinajstić information content (AvgIpc) is 2.50. The first-order valence-corrected chi connectivity index (χ1v) is 4.93. The van der Waals surface area contributed by atoms with E-state index >= 15 is 0 Å². The average molecular weight is 184 g/mol. The summed E-state index contributed by atoms with van der Waals surface area (Å²) in [5.74, 6) is 0. The van der Waals surface area contributed by atoms with Gasteiger partial charge in [-0.2, -0.15) is 0 Å². The Kier molecular flexibility index (Phi) is 1.90. The standard InChI is InChI=1S/C8H12N2OS/c9-5-8(3-6(11)4-8)7-10-1-2-12-7/h1-2,6,11H,3-5,9H2. The molecule has 1 aromatic heterocycles. The summed E-state index contributed by atoms with van der Waals surface area (Å²) in [7, 11) is 0. The molecule has 1 saturated carbocycles. The minimum Gasteiger partial charge on any atom is -0.393 e. The van der Waals surface area contributed by atoms with Crippen molar-refractivity contribution in [2.24, 2.45) is 5.73 Å². The molecule has 3 nitrogen and oxygen atoms in total. The third kappa shape index (κ3) is 1.07. The van der Waals surface area contributed by atoms with Crippen LogP contribution < -0.4 is 5.73 Å². The smallest absolute Gasteiger partial charge is 0.100 e. The van der Waals surface area contributed by atoms with Gasteiger partial charge in [-0.15, -0.1) is 11.3 Å². The molecule has 4 heteroatoms. The molecule has 0 saturated heterocycles. The highest BCUT2D eigenvalue weighted by molar-refractivity contribution is 7.09. The lowest BCUT2D eigenvalue weighted by Gasteiger charge is -2.43. The van der Waals surface area contributed by atoms with Gasteiger partial charge in [-0.05, 0) is 12.8 Å². The van der Waals surface area contributed by atoms with Gasteiger partial charge in [-0.3, -0.25) is 0 Å². The fourth-order valence-electron chi connectivity index (χ4n) is 1.76. The molecule has 0 unspecified atom stereocenters. The number of nitrogens with zero attached hydrogens (tertiary/aromatic N) is 1. The molecule has 1 aliphatic carbocycles. The maximum absolute atomic E-state index is 9.23. The first-order valence-electron chi connectivity index (χ1n) is 4.05. The summed E-state index contributed by atoms with van der Waals surface area (Å²) >= 11 is 1.63. The van der Waals surface area contributed by atoms with Gasteiger partial charge in [0.25, 0.3) is 0 Å². The Hall–Kier alpha value is -0.450. The van der Waals surface area contributed by atoms with Crippen molar-refractivity contribution in [2.75, 3.05) is 6.54 Å². The van der Waals surface area contributed by atoms with E-state index in [1.165, 1.54) is 0 Å². The molecule has 1 fully saturated rings. The van der Waals surface area contributed by atoms with Gasteiger partial charge in [-0.25, -0.2) is 4.98 Å². The molecule has 1 aliphatic rings. The van der Waals surface area contributed by atoms with Crippen LogP contribution in [0.2, 0.25) is 0 Å². The molecule has 0 bridgehead atoms. The normalized spacial score (nSPS) is 34.7. The Morgan fingerprint density at radius 2 is 2.50 bits per heavy atom. The Bertz CT molecular complexity index is 254. The van der Waals surface area contributed by atoms with Gasteiger partial charge in [0.15, 0.2) is 0 Å². The van der Waals surface area contributed by atoms with Crippen LogP contribution >= 0.6 is 11.3 Å². The molecule has 0 atom stereocenters. The Morgan fingerprint density at radius 1 is 1.75 bits per heavy atom. The molecule has 0 radical (unpaired) electrons. The van der Waals surface area contributed by atoms with Gasteiger partial charge in [0.1, 0.15) is 5.01 Å². The Balaban J connectivity index is 2.20. The monoisotopic (exact) mass is 184 g/mol. The SMILES string of the molecule is NCC1(c2nccs2)CC(O)C1. The summed E-state index contributed by atoms with van der Waals surface area (Å²) in [6.45, 7) is 0.595. The topological polar surface area (TPSA) is 59.1 Å². The molecule has 0 aliphatic heterocycles. The van der Waals surface area contributed by atoms with Gasteiger partial charge < -0.3 is 10.8 Å². The van der Waals surface area contributed by atoms with E-state index in [4.69, 9.17) is 5.73 Å². The highest BCUT2D eigenvalue weighted by Crippen LogP contribution is 2.43. The van der Waals surface area contributed by atoms with Crippen LogP contribution in [0.4, 0.5) is 0 Å². The van der Waals surface area contributed by atoms with Crippen molar-refractivity contribution in [3.63, 3.8) is 0 Å². The molecular formula is C8H12N2OS. The summed E-state index contributed by atoms with van der Waals surface area (Å²) in [6.07, 6.45) is 3.17. The van der Waals surface area contributed by atoms with Crippen LogP contribution in [-0.2, 0) is 5.41 Å². The van der Waals surface area contributed by atoms with Gasteiger partial charge in [-0.1, -0.05) is 0 Å². The van der Waals surface area contributed by atoms with Gasteiger partial charge >= 0.3 is 0 Å². The van der Waals surface area contributed by atoms with Gasteiger partial charge in [0, 0.05) is 23.5 Å². The second-order valence-electron chi connectivity index (χ2n) is 3.38. The number of aliphatic hydroxyl groups is 1. The number of thiazole rings is 1. The van der Waals surface area contributed by atoms with Crippen LogP contribution in [0, 0.1) is 0 Å². The quantitative estimate of drug-likeness (QED) is 0.703. The van der Waals surface area contributed by atoms with Crippen LogP contribution in [0.5, 0.6) is 0 Å². The number of hydrogen-bond acceptors (Lipinski definition) is 4. The van der Waals surface area contributed by atoms with Crippen LogP contribution in [-0.4, -0.2) is 22.7 Å². The van der Waals surface area contributed by atoms with Crippen molar-refractivity contribution < 1.29 is 5.11 Å².